The Labute approximate surface area is 162 Å². The first-order valence-corrected chi connectivity index (χ1v) is 9.72. The van der Waals surface area contributed by atoms with Crippen molar-refractivity contribution in [2.24, 2.45) is 5.73 Å². The maximum Gasteiger partial charge on any atom is 0.161 e. The lowest BCUT2D eigenvalue weighted by atomic mass is 9.76. The summed E-state index contributed by atoms with van der Waals surface area (Å²) in [5.41, 5.74) is 10.3. The van der Waals surface area contributed by atoms with Crippen molar-refractivity contribution in [1.82, 2.24) is 0 Å². The quantitative estimate of drug-likeness (QED) is 0.872. The lowest BCUT2D eigenvalue weighted by Crippen LogP contribution is -2.38. The van der Waals surface area contributed by atoms with Gasteiger partial charge >= 0.3 is 0 Å². The molecule has 4 rings (SSSR count). The number of methoxy groups -OCH3 is 1. The number of ether oxygens (including phenoxy) is 1. The van der Waals surface area contributed by atoms with E-state index in [-0.39, 0.29) is 11.7 Å². The number of anilines is 1. The Morgan fingerprint density at radius 3 is 2.67 bits per heavy atom. The van der Waals surface area contributed by atoms with E-state index >= 15 is 0 Å². The molecular weight excluding hydrogens is 358 g/mol. The smallest absolute Gasteiger partial charge is 0.161 e. The zero-order valence-corrected chi connectivity index (χ0v) is 15.8. The first-order chi connectivity index (χ1) is 13.2. The van der Waals surface area contributed by atoms with Gasteiger partial charge in [0, 0.05) is 23.4 Å². The summed E-state index contributed by atoms with van der Waals surface area (Å²) < 4.78 is 5.24. The molecule has 1 aliphatic heterocycles. The number of hydrogen-bond acceptors (Lipinski definition) is 6. The van der Waals surface area contributed by atoms with Crippen LogP contribution in [0, 0.1) is 11.3 Å². The van der Waals surface area contributed by atoms with Crippen molar-refractivity contribution < 1.29 is 9.53 Å². The number of rotatable bonds is 3. The Bertz CT molecular complexity index is 981. The van der Waals surface area contributed by atoms with E-state index in [1.165, 1.54) is 0 Å². The minimum Gasteiger partial charge on any atom is -0.497 e. The predicted octanol–water partition coefficient (Wildman–Crippen LogP) is 4.06. The first kappa shape index (κ1) is 17.4. The van der Waals surface area contributed by atoms with Crippen LogP contribution in [-0.2, 0) is 4.79 Å². The van der Waals surface area contributed by atoms with Gasteiger partial charge in [-0.2, -0.15) is 16.6 Å². The van der Waals surface area contributed by atoms with Crippen LogP contribution in [0.3, 0.4) is 0 Å². The highest BCUT2D eigenvalue weighted by molar-refractivity contribution is 7.08. The standard InChI is InChI=1S/C21H19N3O2S/c1-26-15-7-5-14(6-8-15)24-17-3-2-4-18(25)20(17)19(13-9-10-27-12-13)16(11-22)21(24)23/h5-10,12,19H,2-4,23H2,1H3/t19-/m0/s1. The largest absolute Gasteiger partial charge is 0.497 e. The van der Waals surface area contributed by atoms with Gasteiger partial charge in [0.25, 0.3) is 0 Å². The second-order valence-electron chi connectivity index (χ2n) is 6.57. The number of hydrogen-bond donors (Lipinski definition) is 1. The monoisotopic (exact) mass is 377 g/mol. The van der Waals surface area contributed by atoms with Gasteiger partial charge in [-0.1, -0.05) is 0 Å². The van der Waals surface area contributed by atoms with Gasteiger partial charge in [0.05, 0.1) is 24.7 Å². The lowest BCUT2D eigenvalue weighted by molar-refractivity contribution is -0.116. The third-order valence-electron chi connectivity index (χ3n) is 5.12. The molecule has 1 atom stereocenters. The van der Waals surface area contributed by atoms with Crippen LogP contribution in [0.15, 0.2) is 63.8 Å². The molecule has 0 fully saturated rings. The zero-order valence-electron chi connectivity index (χ0n) is 14.9. The summed E-state index contributed by atoms with van der Waals surface area (Å²) in [5.74, 6) is 0.862. The van der Waals surface area contributed by atoms with E-state index in [4.69, 9.17) is 10.5 Å². The van der Waals surface area contributed by atoms with E-state index in [0.717, 1.165) is 35.5 Å². The first-order valence-electron chi connectivity index (χ1n) is 8.78. The van der Waals surface area contributed by atoms with Gasteiger partial charge in [-0.3, -0.25) is 9.69 Å². The van der Waals surface area contributed by atoms with Crippen molar-refractivity contribution in [1.29, 1.82) is 5.26 Å². The van der Waals surface area contributed by atoms with E-state index in [9.17, 15) is 10.1 Å². The average Bonchev–Trinajstić information content (AvgIpc) is 3.22. The van der Waals surface area contributed by atoms with Crippen molar-refractivity contribution in [3.8, 4) is 11.8 Å². The van der Waals surface area contributed by atoms with Gasteiger partial charge in [0.2, 0.25) is 0 Å². The topological polar surface area (TPSA) is 79.3 Å². The minimum absolute atomic E-state index is 0.103. The van der Waals surface area contributed by atoms with Crippen LogP contribution in [0.4, 0.5) is 5.69 Å². The van der Waals surface area contributed by atoms with Crippen molar-refractivity contribution in [3.63, 3.8) is 0 Å². The molecule has 2 N–H and O–H groups in total. The number of Topliss-reactive ketones (excluding diaryl/α,β-unsaturated/α-hetero) is 1. The fourth-order valence-corrected chi connectivity index (χ4v) is 4.57. The number of ketones is 1. The summed E-state index contributed by atoms with van der Waals surface area (Å²) in [5, 5.41) is 13.8. The molecule has 2 aliphatic rings. The fourth-order valence-electron chi connectivity index (χ4n) is 3.89. The van der Waals surface area contributed by atoms with Gasteiger partial charge < -0.3 is 10.5 Å². The predicted molar refractivity (Wildman–Crippen MR) is 105 cm³/mol. The molecule has 27 heavy (non-hydrogen) atoms. The SMILES string of the molecule is COc1ccc(N2C(N)=C(C#N)[C@H](c3ccsc3)C3=C2CCCC3=O)cc1. The highest BCUT2D eigenvalue weighted by Gasteiger charge is 2.40. The molecule has 1 aromatic heterocycles. The number of carbonyl (C=O) groups excluding carboxylic acids is 1. The number of nitrogens with zero attached hydrogens (tertiary/aromatic N) is 2. The normalized spacial score (nSPS) is 19.8. The molecule has 5 nitrogen and oxygen atoms in total. The van der Waals surface area contributed by atoms with E-state index in [0.29, 0.717) is 23.4 Å². The molecule has 0 amide bonds. The molecule has 0 saturated heterocycles. The maximum absolute atomic E-state index is 12.9. The molecule has 1 aromatic carbocycles. The van der Waals surface area contributed by atoms with Gasteiger partial charge in [-0.05, 0) is 59.5 Å². The summed E-state index contributed by atoms with van der Waals surface area (Å²) in [7, 11) is 1.61. The van der Waals surface area contributed by atoms with Crippen LogP contribution < -0.4 is 15.4 Å². The van der Waals surface area contributed by atoms with E-state index in [2.05, 4.69) is 6.07 Å². The number of nitriles is 1. The van der Waals surface area contributed by atoms with Crippen LogP contribution in [0.2, 0.25) is 0 Å². The summed E-state index contributed by atoms with van der Waals surface area (Å²) in [6.45, 7) is 0. The Balaban J connectivity index is 1.92. The van der Waals surface area contributed by atoms with E-state index in [1.54, 1.807) is 18.4 Å². The maximum atomic E-state index is 12.9. The third-order valence-corrected chi connectivity index (χ3v) is 5.82. The van der Waals surface area contributed by atoms with Gasteiger partial charge in [-0.25, -0.2) is 0 Å². The number of benzene rings is 1. The van der Waals surface area contributed by atoms with Crippen molar-refractivity contribution >= 4 is 22.8 Å². The average molecular weight is 377 g/mol. The molecule has 0 spiro atoms. The van der Waals surface area contributed by atoms with Crippen LogP contribution in [-0.4, -0.2) is 12.9 Å². The van der Waals surface area contributed by atoms with Crippen molar-refractivity contribution in [2.45, 2.75) is 25.2 Å². The molecule has 6 heteroatoms. The highest BCUT2D eigenvalue weighted by Crippen LogP contribution is 2.46. The van der Waals surface area contributed by atoms with Gasteiger partial charge in [0.1, 0.15) is 11.6 Å². The summed E-state index contributed by atoms with van der Waals surface area (Å²) in [6.07, 6.45) is 2.05. The molecule has 0 saturated carbocycles. The zero-order chi connectivity index (χ0) is 19.0. The molecule has 1 aliphatic carbocycles. The Kier molecular flexibility index (Phi) is 4.46. The number of thiophene rings is 1. The summed E-state index contributed by atoms with van der Waals surface area (Å²) in [6, 6.07) is 11.7. The molecule has 2 heterocycles. The van der Waals surface area contributed by atoms with Gasteiger partial charge in [-0.15, -0.1) is 0 Å². The summed E-state index contributed by atoms with van der Waals surface area (Å²) >= 11 is 1.55. The van der Waals surface area contributed by atoms with Crippen LogP contribution in [0.1, 0.15) is 30.7 Å². The van der Waals surface area contributed by atoms with Crippen molar-refractivity contribution in [2.75, 3.05) is 12.0 Å². The van der Waals surface area contributed by atoms with E-state index < -0.39 is 0 Å². The minimum atomic E-state index is -0.376. The van der Waals surface area contributed by atoms with Gasteiger partial charge in [0.15, 0.2) is 5.78 Å². The fraction of sp³-hybridized carbons (Fsp3) is 0.238. The second kappa shape index (κ2) is 6.93. The molecule has 0 unspecified atom stereocenters. The number of carbonyl (C=O) groups is 1. The van der Waals surface area contributed by atoms with Crippen LogP contribution >= 0.6 is 11.3 Å². The molecule has 136 valence electrons. The summed E-state index contributed by atoms with van der Waals surface area (Å²) in [4.78, 5) is 14.8. The highest BCUT2D eigenvalue weighted by atomic mass is 32.1. The Morgan fingerprint density at radius 2 is 2.04 bits per heavy atom. The van der Waals surface area contributed by atoms with E-state index in [1.807, 2.05) is 46.0 Å². The molecule has 0 radical (unpaired) electrons. The van der Waals surface area contributed by atoms with Crippen LogP contribution in [0.5, 0.6) is 5.75 Å². The Morgan fingerprint density at radius 1 is 1.26 bits per heavy atom. The third kappa shape index (κ3) is 2.81. The van der Waals surface area contributed by atoms with Crippen molar-refractivity contribution in [3.05, 3.63) is 69.3 Å². The number of allylic oxidation sites excluding steroid dienone is 3. The lowest BCUT2D eigenvalue weighted by Gasteiger charge is -2.39. The second-order valence-corrected chi connectivity index (χ2v) is 7.35. The molecule has 2 aromatic rings. The number of nitrogens with two attached hydrogens (primary N) is 1. The Hall–Kier alpha value is -3.04. The molecular formula is C21H19N3O2S. The van der Waals surface area contributed by atoms with Crippen LogP contribution in [0.25, 0.3) is 0 Å². The molecule has 0 bridgehead atoms.